The van der Waals surface area contributed by atoms with Gasteiger partial charge in [0.1, 0.15) is 17.6 Å². The van der Waals surface area contributed by atoms with Crippen molar-refractivity contribution in [3.63, 3.8) is 0 Å². The largest absolute Gasteiger partial charge is 0.425 e. The maximum Gasteiger partial charge on any atom is 0.335 e. The minimum atomic E-state index is -1.10. The third kappa shape index (κ3) is 4.03. The molecule has 2 saturated heterocycles. The Morgan fingerprint density at radius 2 is 1.36 bits per heavy atom. The Balaban J connectivity index is 1.22. The average Bonchev–Trinajstić information content (AvgIpc) is 3.50. The number of fused-ring (bicyclic) bond motifs is 5. The SMILES string of the molecule is O=C(c1ccccc1)c1ccc(OC(=O)[C@@H]2[C@@H]3C(=O)N(c4ccc(F)cc4)C(=O)[C@H]3[C@@H]3C=Cc4ccccc4N23)cc1. The fraction of sp³-hybridized carbons (Fsp3) is 0.118. The molecule has 8 heteroatoms. The lowest BCUT2D eigenvalue weighted by molar-refractivity contribution is -0.139. The first-order valence-corrected chi connectivity index (χ1v) is 13.5. The van der Waals surface area contributed by atoms with E-state index in [2.05, 4.69) is 0 Å². The van der Waals surface area contributed by atoms with Gasteiger partial charge in [-0.15, -0.1) is 0 Å². The summed E-state index contributed by atoms with van der Waals surface area (Å²) >= 11 is 0. The normalized spacial score (nSPS) is 22.0. The van der Waals surface area contributed by atoms with Crippen LogP contribution in [0.25, 0.3) is 6.08 Å². The van der Waals surface area contributed by atoms with Crippen LogP contribution in [-0.4, -0.2) is 35.7 Å². The molecule has 4 aromatic carbocycles. The van der Waals surface area contributed by atoms with Gasteiger partial charge in [0.15, 0.2) is 5.78 Å². The number of nitrogens with zero attached hydrogens (tertiary/aromatic N) is 2. The van der Waals surface area contributed by atoms with Gasteiger partial charge in [0.05, 0.1) is 23.6 Å². The zero-order valence-electron chi connectivity index (χ0n) is 22.1. The topological polar surface area (TPSA) is 84.0 Å². The van der Waals surface area contributed by atoms with Crippen molar-refractivity contribution >= 4 is 41.0 Å². The summed E-state index contributed by atoms with van der Waals surface area (Å²) in [5.74, 6) is -3.99. The van der Waals surface area contributed by atoms with Crippen LogP contribution in [0.5, 0.6) is 5.75 Å². The molecule has 3 heterocycles. The molecule has 7 nitrogen and oxygen atoms in total. The fourth-order valence-corrected chi connectivity index (χ4v) is 6.24. The molecule has 0 unspecified atom stereocenters. The smallest absolute Gasteiger partial charge is 0.335 e. The molecule has 0 spiro atoms. The molecule has 42 heavy (non-hydrogen) atoms. The molecule has 4 atom stereocenters. The van der Waals surface area contributed by atoms with Crippen LogP contribution in [0, 0.1) is 17.7 Å². The first-order valence-electron chi connectivity index (χ1n) is 13.5. The zero-order chi connectivity index (χ0) is 29.0. The standard InChI is InChI=1S/C34H23FN2O5/c35-23-13-15-24(16-14-23)36-32(39)28-27-19-12-20-6-4-5-9-26(20)37(27)30(29(28)33(36)40)34(41)42-25-17-10-22(11-18-25)31(38)21-7-2-1-3-8-21/h1-19,27-30H/t27-,28-,29+,30-/m0/s1. The number of ether oxygens (including phenoxy) is 1. The van der Waals surface area contributed by atoms with Crippen molar-refractivity contribution in [2.24, 2.45) is 11.8 Å². The Bertz CT molecular complexity index is 1770. The highest BCUT2D eigenvalue weighted by atomic mass is 19.1. The van der Waals surface area contributed by atoms with Gasteiger partial charge in [-0.2, -0.15) is 0 Å². The van der Waals surface area contributed by atoms with Crippen molar-refractivity contribution in [3.8, 4) is 5.75 Å². The first-order chi connectivity index (χ1) is 20.4. The van der Waals surface area contributed by atoms with Crippen LogP contribution in [0.2, 0.25) is 0 Å². The highest BCUT2D eigenvalue weighted by molar-refractivity contribution is 6.24. The summed E-state index contributed by atoms with van der Waals surface area (Å²) in [5, 5.41) is 0. The lowest BCUT2D eigenvalue weighted by atomic mass is 9.89. The van der Waals surface area contributed by atoms with Gasteiger partial charge in [-0.25, -0.2) is 14.1 Å². The van der Waals surface area contributed by atoms with E-state index in [-0.39, 0.29) is 17.2 Å². The molecule has 206 valence electrons. The number of carbonyl (C=O) groups is 4. The Kier molecular flexibility index (Phi) is 6.04. The number of anilines is 2. The number of esters is 1. The molecule has 7 rings (SSSR count). The maximum absolute atomic E-state index is 13.9. The van der Waals surface area contributed by atoms with Gasteiger partial charge in [-0.05, 0) is 60.2 Å². The van der Waals surface area contributed by atoms with Gasteiger partial charge in [-0.1, -0.05) is 60.7 Å². The Morgan fingerprint density at radius 1 is 0.714 bits per heavy atom. The van der Waals surface area contributed by atoms with Crippen LogP contribution < -0.4 is 14.5 Å². The van der Waals surface area contributed by atoms with Crippen molar-refractivity contribution in [3.05, 3.63) is 132 Å². The van der Waals surface area contributed by atoms with Gasteiger partial charge >= 0.3 is 5.97 Å². The number of benzene rings is 4. The van der Waals surface area contributed by atoms with Crippen LogP contribution >= 0.6 is 0 Å². The molecule has 0 bridgehead atoms. The van der Waals surface area contributed by atoms with Crippen LogP contribution in [0.3, 0.4) is 0 Å². The van der Waals surface area contributed by atoms with E-state index in [9.17, 15) is 23.6 Å². The second-order valence-corrected chi connectivity index (χ2v) is 10.4. The summed E-state index contributed by atoms with van der Waals surface area (Å²) in [5.41, 5.74) is 2.80. The number of hydrogen-bond donors (Lipinski definition) is 0. The quantitative estimate of drug-likeness (QED) is 0.148. The second kappa shape index (κ2) is 9.92. The number of hydrogen-bond acceptors (Lipinski definition) is 6. The van der Waals surface area contributed by atoms with Gasteiger partial charge < -0.3 is 9.64 Å². The van der Waals surface area contributed by atoms with Gasteiger partial charge in [0.25, 0.3) is 0 Å². The highest BCUT2D eigenvalue weighted by Crippen LogP contribution is 2.49. The summed E-state index contributed by atoms with van der Waals surface area (Å²) in [6, 6.07) is 26.0. The van der Waals surface area contributed by atoms with Gasteiger partial charge in [-0.3, -0.25) is 14.4 Å². The first kappa shape index (κ1) is 25.6. The Labute approximate surface area is 240 Å². The molecule has 0 aliphatic carbocycles. The average molecular weight is 559 g/mol. The number of para-hydroxylation sites is 1. The van der Waals surface area contributed by atoms with E-state index in [1.807, 2.05) is 42.5 Å². The van der Waals surface area contributed by atoms with Crippen LogP contribution in [0.1, 0.15) is 21.5 Å². The Hall–Kier alpha value is -5.37. The minimum absolute atomic E-state index is 0.164. The van der Waals surface area contributed by atoms with E-state index in [1.165, 1.54) is 36.4 Å². The van der Waals surface area contributed by atoms with Gasteiger partial charge in [0, 0.05) is 16.8 Å². The number of amides is 2. The lowest BCUT2D eigenvalue weighted by Gasteiger charge is -2.36. The van der Waals surface area contributed by atoms with Crippen molar-refractivity contribution in [2.45, 2.75) is 12.1 Å². The second-order valence-electron chi connectivity index (χ2n) is 10.4. The van der Waals surface area contributed by atoms with Crippen molar-refractivity contribution < 1.29 is 28.3 Å². The van der Waals surface area contributed by atoms with E-state index >= 15 is 0 Å². The molecule has 3 aliphatic heterocycles. The van der Waals surface area contributed by atoms with Crippen LogP contribution in [0.15, 0.2) is 109 Å². The predicted octanol–water partition coefficient (Wildman–Crippen LogP) is 5.05. The van der Waals surface area contributed by atoms with E-state index in [0.717, 1.165) is 16.2 Å². The van der Waals surface area contributed by atoms with Crippen molar-refractivity contribution in [1.29, 1.82) is 0 Å². The molecule has 3 aliphatic rings. The summed E-state index contributed by atoms with van der Waals surface area (Å²) in [7, 11) is 0. The number of carbonyl (C=O) groups excluding carboxylic acids is 4. The third-order valence-electron chi connectivity index (χ3n) is 8.11. The summed E-state index contributed by atoms with van der Waals surface area (Å²) in [6.07, 6.45) is 3.73. The van der Waals surface area contributed by atoms with Crippen LogP contribution in [-0.2, 0) is 14.4 Å². The molecular weight excluding hydrogens is 535 g/mol. The van der Waals surface area contributed by atoms with Crippen LogP contribution in [0.4, 0.5) is 15.8 Å². The summed E-state index contributed by atoms with van der Waals surface area (Å²) < 4.78 is 19.4. The highest BCUT2D eigenvalue weighted by Gasteiger charge is 2.65. The minimum Gasteiger partial charge on any atom is -0.425 e. The molecule has 0 radical (unpaired) electrons. The van der Waals surface area contributed by atoms with Crippen molar-refractivity contribution in [2.75, 3.05) is 9.80 Å². The lowest BCUT2D eigenvalue weighted by Crippen LogP contribution is -2.50. The number of halogens is 1. The maximum atomic E-state index is 13.9. The third-order valence-corrected chi connectivity index (χ3v) is 8.11. The summed E-state index contributed by atoms with van der Waals surface area (Å²) in [4.78, 5) is 57.2. The molecule has 4 aromatic rings. The molecule has 0 aromatic heterocycles. The number of imide groups is 1. The number of rotatable bonds is 5. The fourth-order valence-electron chi connectivity index (χ4n) is 6.24. The summed E-state index contributed by atoms with van der Waals surface area (Å²) in [6.45, 7) is 0. The molecule has 2 amide bonds. The molecular formula is C34H23FN2O5. The monoisotopic (exact) mass is 558 g/mol. The van der Waals surface area contributed by atoms with Gasteiger partial charge in [0.2, 0.25) is 11.8 Å². The van der Waals surface area contributed by atoms with E-state index in [1.54, 1.807) is 41.3 Å². The van der Waals surface area contributed by atoms with E-state index < -0.39 is 47.5 Å². The van der Waals surface area contributed by atoms with E-state index in [4.69, 9.17) is 4.74 Å². The van der Waals surface area contributed by atoms with Crippen molar-refractivity contribution in [1.82, 2.24) is 0 Å². The molecule has 2 fully saturated rings. The predicted molar refractivity (Wildman–Crippen MR) is 153 cm³/mol. The Morgan fingerprint density at radius 3 is 2.10 bits per heavy atom. The number of ketones is 1. The molecule has 0 saturated carbocycles. The van der Waals surface area contributed by atoms with E-state index in [0.29, 0.717) is 11.1 Å². The zero-order valence-corrected chi connectivity index (χ0v) is 22.1. The molecule has 0 N–H and O–H groups in total.